The number of hydrogen-bond acceptors (Lipinski definition) is 4. The molecule has 6 heteroatoms. The number of nitrogens with one attached hydrogen (secondary N) is 1. The van der Waals surface area contributed by atoms with Gasteiger partial charge in [0, 0.05) is 27.7 Å². The summed E-state index contributed by atoms with van der Waals surface area (Å²) < 4.78 is 0. The summed E-state index contributed by atoms with van der Waals surface area (Å²) >= 11 is 12.1. The molecule has 4 aromatic rings. The van der Waals surface area contributed by atoms with Gasteiger partial charge >= 0.3 is 0 Å². The number of aromatic nitrogens is 2. The number of aromatic hydroxyl groups is 1. The molecular formula is C23H17Cl2N3O. The molecule has 4 nitrogen and oxygen atoms in total. The second-order valence-electron chi connectivity index (χ2n) is 6.50. The van der Waals surface area contributed by atoms with Crippen LogP contribution in [0.2, 0.25) is 10.0 Å². The Morgan fingerprint density at radius 3 is 1.66 bits per heavy atom. The quantitative estimate of drug-likeness (QED) is 0.389. The maximum atomic E-state index is 9.44. The first-order valence-electron chi connectivity index (χ1n) is 8.99. The Morgan fingerprint density at radius 1 is 0.690 bits per heavy atom. The van der Waals surface area contributed by atoms with E-state index in [0.29, 0.717) is 22.5 Å². The van der Waals surface area contributed by atoms with E-state index in [1.54, 1.807) is 12.1 Å². The lowest BCUT2D eigenvalue weighted by atomic mass is 10.1. The Labute approximate surface area is 178 Å². The van der Waals surface area contributed by atoms with Crippen molar-refractivity contribution in [3.8, 4) is 28.3 Å². The van der Waals surface area contributed by atoms with Gasteiger partial charge in [-0.05, 0) is 48.0 Å². The van der Waals surface area contributed by atoms with Crippen LogP contribution in [0.4, 0.5) is 5.95 Å². The third kappa shape index (κ3) is 4.86. The molecule has 0 spiro atoms. The van der Waals surface area contributed by atoms with Crippen molar-refractivity contribution in [3.63, 3.8) is 0 Å². The smallest absolute Gasteiger partial charge is 0.224 e. The number of halogens is 2. The minimum Gasteiger partial charge on any atom is -0.508 e. The van der Waals surface area contributed by atoms with Gasteiger partial charge in [0.05, 0.1) is 11.4 Å². The zero-order valence-corrected chi connectivity index (χ0v) is 16.8. The van der Waals surface area contributed by atoms with Crippen LogP contribution >= 0.6 is 23.2 Å². The Balaban J connectivity index is 1.69. The Morgan fingerprint density at radius 2 is 1.17 bits per heavy atom. The number of anilines is 1. The topological polar surface area (TPSA) is 58.0 Å². The SMILES string of the molecule is Oc1ccc(CNc2nc(-c3ccc(Cl)cc3)cc(-c3ccc(Cl)cc3)n2)cc1. The van der Waals surface area contributed by atoms with Crippen LogP contribution in [-0.2, 0) is 6.54 Å². The largest absolute Gasteiger partial charge is 0.508 e. The Bertz CT molecular complexity index is 1050. The molecule has 3 aromatic carbocycles. The van der Waals surface area contributed by atoms with E-state index in [9.17, 15) is 5.11 Å². The highest BCUT2D eigenvalue weighted by Crippen LogP contribution is 2.27. The summed E-state index contributed by atoms with van der Waals surface area (Å²) in [5.74, 6) is 0.746. The lowest BCUT2D eigenvalue weighted by Crippen LogP contribution is -2.05. The first kappa shape index (κ1) is 19.2. The van der Waals surface area contributed by atoms with Gasteiger partial charge < -0.3 is 10.4 Å². The minimum absolute atomic E-state index is 0.236. The van der Waals surface area contributed by atoms with Crippen molar-refractivity contribution in [2.75, 3.05) is 5.32 Å². The lowest BCUT2D eigenvalue weighted by molar-refractivity contribution is 0.475. The van der Waals surface area contributed by atoms with Gasteiger partial charge in [0.25, 0.3) is 0 Å². The highest BCUT2D eigenvalue weighted by atomic mass is 35.5. The second-order valence-corrected chi connectivity index (χ2v) is 7.37. The van der Waals surface area contributed by atoms with Crippen LogP contribution in [0.15, 0.2) is 78.9 Å². The molecule has 0 amide bonds. The zero-order chi connectivity index (χ0) is 20.2. The molecule has 144 valence electrons. The number of nitrogens with zero attached hydrogens (tertiary/aromatic N) is 2. The van der Waals surface area contributed by atoms with Gasteiger partial charge in [-0.25, -0.2) is 9.97 Å². The van der Waals surface area contributed by atoms with Gasteiger partial charge in [-0.3, -0.25) is 0 Å². The molecule has 0 aliphatic carbocycles. The van der Waals surface area contributed by atoms with Crippen LogP contribution in [0.5, 0.6) is 5.75 Å². The minimum atomic E-state index is 0.236. The molecular weight excluding hydrogens is 405 g/mol. The maximum absolute atomic E-state index is 9.44. The molecule has 1 heterocycles. The molecule has 0 unspecified atom stereocenters. The molecule has 0 fully saturated rings. The fourth-order valence-corrected chi connectivity index (χ4v) is 3.11. The molecule has 0 radical (unpaired) electrons. The third-order valence-electron chi connectivity index (χ3n) is 4.39. The fraction of sp³-hybridized carbons (Fsp3) is 0.0435. The first-order valence-corrected chi connectivity index (χ1v) is 9.75. The van der Waals surface area contributed by atoms with Crippen molar-refractivity contribution in [3.05, 3.63) is 94.5 Å². The van der Waals surface area contributed by atoms with Crippen molar-refractivity contribution in [2.24, 2.45) is 0 Å². The third-order valence-corrected chi connectivity index (χ3v) is 4.90. The maximum Gasteiger partial charge on any atom is 0.224 e. The van der Waals surface area contributed by atoms with Crippen LogP contribution in [0.25, 0.3) is 22.5 Å². The van der Waals surface area contributed by atoms with Crippen LogP contribution < -0.4 is 5.32 Å². The molecule has 2 N–H and O–H groups in total. The Kier molecular flexibility index (Phi) is 5.65. The second kappa shape index (κ2) is 8.52. The monoisotopic (exact) mass is 421 g/mol. The fourth-order valence-electron chi connectivity index (χ4n) is 2.86. The van der Waals surface area contributed by atoms with E-state index in [0.717, 1.165) is 28.1 Å². The van der Waals surface area contributed by atoms with Gasteiger partial charge in [-0.15, -0.1) is 0 Å². The summed E-state index contributed by atoms with van der Waals surface area (Å²) in [5.41, 5.74) is 4.47. The van der Waals surface area contributed by atoms with Gasteiger partial charge in [0.15, 0.2) is 0 Å². The van der Waals surface area contributed by atoms with Crippen LogP contribution in [0.1, 0.15) is 5.56 Å². The summed E-state index contributed by atoms with van der Waals surface area (Å²) in [4.78, 5) is 9.34. The Hall–Kier alpha value is -3.08. The normalized spacial score (nSPS) is 10.7. The zero-order valence-electron chi connectivity index (χ0n) is 15.3. The van der Waals surface area contributed by atoms with E-state index >= 15 is 0 Å². The van der Waals surface area contributed by atoms with E-state index in [-0.39, 0.29) is 5.75 Å². The van der Waals surface area contributed by atoms with E-state index < -0.39 is 0 Å². The average molecular weight is 422 g/mol. The summed E-state index contributed by atoms with van der Waals surface area (Å²) in [6, 6.07) is 24.0. The highest BCUT2D eigenvalue weighted by molar-refractivity contribution is 6.30. The molecule has 0 atom stereocenters. The van der Waals surface area contributed by atoms with Crippen LogP contribution in [0.3, 0.4) is 0 Å². The van der Waals surface area contributed by atoms with Crippen molar-refractivity contribution < 1.29 is 5.11 Å². The van der Waals surface area contributed by atoms with Crippen LogP contribution in [0, 0.1) is 0 Å². The summed E-state index contributed by atoms with van der Waals surface area (Å²) in [6.45, 7) is 0.532. The van der Waals surface area contributed by atoms with Crippen molar-refractivity contribution in [2.45, 2.75) is 6.54 Å². The number of hydrogen-bond donors (Lipinski definition) is 2. The number of rotatable bonds is 5. The lowest BCUT2D eigenvalue weighted by Gasteiger charge is -2.11. The van der Waals surface area contributed by atoms with Crippen molar-refractivity contribution >= 4 is 29.2 Å². The summed E-state index contributed by atoms with van der Waals surface area (Å²) in [7, 11) is 0. The summed E-state index contributed by atoms with van der Waals surface area (Å²) in [6.07, 6.45) is 0. The molecule has 0 saturated heterocycles. The standard InChI is InChI=1S/C23H17Cl2N3O/c24-18-7-3-16(4-8-18)21-13-22(17-5-9-19(25)10-6-17)28-23(27-21)26-14-15-1-11-20(29)12-2-15/h1-13,29H,14H2,(H,26,27,28). The van der Waals surface area contributed by atoms with Crippen LogP contribution in [-0.4, -0.2) is 15.1 Å². The van der Waals surface area contributed by atoms with Gasteiger partial charge in [0.1, 0.15) is 5.75 Å². The highest BCUT2D eigenvalue weighted by Gasteiger charge is 2.09. The van der Waals surface area contributed by atoms with E-state index in [1.807, 2.05) is 66.7 Å². The number of phenolic OH excluding ortho intramolecular Hbond substituents is 1. The summed E-state index contributed by atoms with van der Waals surface area (Å²) in [5, 5.41) is 14.1. The number of benzene rings is 3. The van der Waals surface area contributed by atoms with Crippen molar-refractivity contribution in [1.29, 1.82) is 0 Å². The van der Waals surface area contributed by atoms with E-state index in [2.05, 4.69) is 15.3 Å². The number of phenols is 1. The predicted molar refractivity (Wildman–Crippen MR) is 118 cm³/mol. The molecule has 0 bridgehead atoms. The molecule has 0 aliphatic heterocycles. The van der Waals surface area contributed by atoms with E-state index in [4.69, 9.17) is 23.2 Å². The van der Waals surface area contributed by atoms with E-state index in [1.165, 1.54) is 0 Å². The molecule has 0 aliphatic rings. The van der Waals surface area contributed by atoms with Gasteiger partial charge in [0.2, 0.25) is 5.95 Å². The van der Waals surface area contributed by atoms with Gasteiger partial charge in [-0.1, -0.05) is 59.6 Å². The molecule has 4 rings (SSSR count). The first-order chi connectivity index (χ1) is 14.1. The molecule has 0 saturated carbocycles. The molecule has 1 aromatic heterocycles. The average Bonchev–Trinajstić information content (AvgIpc) is 2.74. The van der Waals surface area contributed by atoms with Gasteiger partial charge in [-0.2, -0.15) is 0 Å². The molecule has 29 heavy (non-hydrogen) atoms. The predicted octanol–water partition coefficient (Wildman–Crippen LogP) is 6.44. The van der Waals surface area contributed by atoms with Crippen molar-refractivity contribution in [1.82, 2.24) is 9.97 Å².